The van der Waals surface area contributed by atoms with Crippen LogP contribution in [-0.4, -0.2) is 40.0 Å². The molecule has 0 saturated carbocycles. The van der Waals surface area contributed by atoms with Crippen LogP contribution in [0.3, 0.4) is 0 Å². The molecule has 1 saturated heterocycles. The Morgan fingerprint density at radius 2 is 2.11 bits per heavy atom. The minimum Gasteiger partial charge on any atom is -0.491 e. The summed E-state index contributed by atoms with van der Waals surface area (Å²) in [5.74, 6) is 2.50. The Labute approximate surface area is 165 Å². The first-order valence-corrected chi connectivity index (χ1v) is 10.3. The molecule has 150 valence electrons. The molecule has 0 bridgehead atoms. The van der Waals surface area contributed by atoms with E-state index in [1.165, 1.54) is 6.42 Å². The van der Waals surface area contributed by atoms with Crippen molar-refractivity contribution in [2.24, 2.45) is 0 Å². The number of rotatable bonds is 6. The van der Waals surface area contributed by atoms with Crippen LogP contribution in [0.5, 0.6) is 5.75 Å². The zero-order valence-corrected chi connectivity index (χ0v) is 16.4. The highest BCUT2D eigenvalue weighted by atomic mass is 16.5. The molecule has 7 nitrogen and oxygen atoms in total. The van der Waals surface area contributed by atoms with Crippen molar-refractivity contribution in [2.45, 2.75) is 64.1 Å². The van der Waals surface area contributed by atoms with Gasteiger partial charge in [0.05, 0.1) is 12.1 Å². The number of amides is 1. The SMILES string of the molecule is C[C@H](NC(=O)c1ccc(OC[C@H]2CCCO2)cc1)c1nnc2n1CCCCC2. The molecule has 1 fully saturated rings. The normalized spacial score (nSPS) is 20.2. The maximum atomic E-state index is 12.6. The Hall–Kier alpha value is -2.41. The number of carbonyl (C=O) groups is 1. The molecular formula is C21H28N4O3. The fraction of sp³-hybridized carbons (Fsp3) is 0.571. The van der Waals surface area contributed by atoms with Crippen molar-refractivity contribution in [3.63, 3.8) is 0 Å². The lowest BCUT2D eigenvalue weighted by Gasteiger charge is -2.16. The van der Waals surface area contributed by atoms with Gasteiger partial charge >= 0.3 is 0 Å². The molecule has 0 spiro atoms. The summed E-state index contributed by atoms with van der Waals surface area (Å²) >= 11 is 0. The van der Waals surface area contributed by atoms with Crippen LogP contribution in [0.25, 0.3) is 0 Å². The highest BCUT2D eigenvalue weighted by molar-refractivity contribution is 5.94. The van der Waals surface area contributed by atoms with E-state index in [9.17, 15) is 4.79 Å². The molecular weight excluding hydrogens is 356 g/mol. The van der Waals surface area contributed by atoms with Gasteiger partial charge in [0.25, 0.3) is 5.91 Å². The highest BCUT2D eigenvalue weighted by Crippen LogP contribution is 2.20. The average molecular weight is 384 g/mol. The summed E-state index contributed by atoms with van der Waals surface area (Å²) in [7, 11) is 0. The van der Waals surface area contributed by atoms with Crippen LogP contribution in [0.1, 0.15) is 67.1 Å². The summed E-state index contributed by atoms with van der Waals surface area (Å²) in [5.41, 5.74) is 0.604. The second kappa shape index (κ2) is 8.73. The number of aryl methyl sites for hydroxylation is 1. The number of benzene rings is 1. The zero-order chi connectivity index (χ0) is 19.3. The first-order valence-electron chi connectivity index (χ1n) is 10.3. The van der Waals surface area contributed by atoms with E-state index in [4.69, 9.17) is 9.47 Å². The summed E-state index contributed by atoms with van der Waals surface area (Å²) in [6.07, 6.45) is 6.78. The molecule has 0 aliphatic carbocycles. The van der Waals surface area contributed by atoms with Crippen LogP contribution in [-0.2, 0) is 17.7 Å². The van der Waals surface area contributed by atoms with Crippen molar-refractivity contribution < 1.29 is 14.3 Å². The Morgan fingerprint density at radius 3 is 2.89 bits per heavy atom. The molecule has 0 radical (unpaired) electrons. The minimum atomic E-state index is -0.192. The van der Waals surface area contributed by atoms with Gasteiger partial charge in [-0.25, -0.2) is 0 Å². The summed E-state index contributed by atoms with van der Waals surface area (Å²) in [4.78, 5) is 12.6. The Balaban J connectivity index is 1.34. The number of aromatic nitrogens is 3. The van der Waals surface area contributed by atoms with Crippen LogP contribution in [0, 0.1) is 0 Å². The van der Waals surface area contributed by atoms with Gasteiger partial charge in [0.15, 0.2) is 5.82 Å². The van der Waals surface area contributed by atoms with E-state index in [1.54, 1.807) is 12.1 Å². The molecule has 1 aromatic carbocycles. The lowest BCUT2D eigenvalue weighted by molar-refractivity contribution is 0.0679. The molecule has 4 rings (SSSR count). The molecule has 28 heavy (non-hydrogen) atoms. The zero-order valence-electron chi connectivity index (χ0n) is 16.4. The van der Waals surface area contributed by atoms with E-state index in [0.29, 0.717) is 12.2 Å². The number of fused-ring (bicyclic) bond motifs is 1. The van der Waals surface area contributed by atoms with Crippen LogP contribution < -0.4 is 10.1 Å². The van der Waals surface area contributed by atoms with Gasteiger partial charge in [-0.1, -0.05) is 6.42 Å². The van der Waals surface area contributed by atoms with Gasteiger partial charge in [-0.05, 0) is 56.9 Å². The van der Waals surface area contributed by atoms with Gasteiger partial charge in [0.2, 0.25) is 0 Å². The Morgan fingerprint density at radius 1 is 1.25 bits per heavy atom. The van der Waals surface area contributed by atoms with Gasteiger partial charge in [0.1, 0.15) is 18.2 Å². The molecule has 2 atom stereocenters. The Kier molecular flexibility index (Phi) is 5.90. The van der Waals surface area contributed by atoms with Crippen molar-refractivity contribution in [2.75, 3.05) is 13.2 Å². The largest absolute Gasteiger partial charge is 0.491 e. The molecule has 7 heteroatoms. The molecule has 2 aliphatic rings. The molecule has 2 aromatic rings. The number of carbonyl (C=O) groups excluding carboxylic acids is 1. The van der Waals surface area contributed by atoms with E-state index < -0.39 is 0 Å². The number of ether oxygens (including phenoxy) is 2. The standard InChI is InChI=1S/C21H28N4O3/c1-15(20-24-23-19-7-3-2-4-12-25(19)20)22-21(26)16-8-10-17(11-9-16)28-14-18-6-5-13-27-18/h8-11,15,18H,2-7,12-14H2,1H3,(H,22,26)/t15-,18+/m0/s1. The average Bonchev–Trinajstić information content (AvgIpc) is 3.32. The molecule has 2 aliphatic heterocycles. The number of hydrogen-bond donors (Lipinski definition) is 1. The summed E-state index contributed by atoms with van der Waals surface area (Å²) < 4.78 is 13.5. The van der Waals surface area contributed by atoms with Gasteiger partial charge in [-0.15, -0.1) is 10.2 Å². The maximum absolute atomic E-state index is 12.6. The molecule has 1 amide bonds. The smallest absolute Gasteiger partial charge is 0.251 e. The van der Waals surface area contributed by atoms with E-state index in [2.05, 4.69) is 20.1 Å². The lowest BCUT2D eigenvalue weighted by atomic mass is 10.2. The lowest BCUT2D eigenvalue weighted by Crippen LogP contribution is -2.29. The van der Waals surface area contributed by atoms with Gasteiger partial charge < -0.3 is 19.4 Å². The third-order valence-electron chi connectivity index (χ3n) is 5.45. The Bertz CT molecular complexity index is 796. The third-order valence-corrected chi connectivity index (χ3v) is 5.45. The monoisotopic (exact) mass is 384 g/mol. The minimum absolute atomic E-state index is 0.121. The summed E-state index contributed by atoms with van der Waals surface area (Å²) in [5, 5.41) is 11.7. The van der Waals surface area contributed by atoms with Crippen molar-refractivity contribution >= 4 is 5.91 Å². The second-order valence-corrected chi connectivity index (χ2v) is 7.60. The maximum Gasteiger partial charge on any atom is 0.251 e. The number of nitrogens with zero attached hydrogens (tertiary/aromatic N) is 3. The van der Waals surface area contributed by atoms with Gasteiger partial charge in [0, 0.05) is 25.1 Å². The van der Waals surface area contributed by atoms with Crippen molar-refractivity contribution in [3.05, 3.63) is 41.5 Å². The fourth-order valence-corrected chi connectivity index (χ4v) is 3.84. The van der Waals surface area contributed by atoms with Crippen molar-refractivity contribution in [3.8, 4) is 5.75 Å². The van der Waals surface area contributed by atoms with E-state index >= 15 is 0 Å². The van der Waals surface area contributed by atoms with E-state index in [0.717, 1.165) is 62.7 Å². The molecule has 1 N–H and O–H groups in total. The fourth-order valence-electron chi connectivity index (χ4n) is 3.84. The predicted molar refractivity (Wildman–Crippen MR) is 104 cm³/mol. The molecule has 3 heterocycles. The van der Waals surface area contributed by atoms with Crippen molar-refractivity contribution in [1.29, 1.82) is 0 Å². The molecule has 1 aromatic heterocycles. The van der Waals surface area contributed by atoms with E-state index in [1.807, 2.05) is 19.1 Å². The topological polar surface area (TPSA) is 78.3 Å². The van der Waals surface area contributed by atoms with E-state index in [-0.39, 0.29) is 18.1 Å². The first-order chi connectivity index (χ1) is 13.7. The van der Waals surface area contributed by atoms with Crippen LogP contribution >= 0.6 is 0 Å². The first kappa shape index (κ1) is 18.9. The summed E-state index contributed by atoms with van der Waals surface area (Å²) in [6.45, 7) is 4.26. The third kappa shape index (κ3) is 4.35. The van der Waals surface area contributed by atoms with Crippen molar-refractivity contribution in [1.82, 2.24) is 20.1 Å². The highest BCUT2D eigenvalue weighted by Gasteiger charge is 2.21. The van der Waals surface area contributed by atoms with Crippen LogP contribution in [0.2, 0.25) is 0 Å². The second-order valence-electron chi connectivity index (χ2n) is 7.60. The van der Waals surface area contributed by atoms with Crippen LogP contribution in [0.4, 0.5) is 0 Å². The summed E-state index contributed by atoms with van der Waals surface area (Å²) in [6, 6.07) is 7.05. The van der Waals surface area contributed by atoms with Crippen LogP contribution in [0.15, 0.2) is 24.3 Å². The quantitative estimate of drug-likeness (QED) is 0.828. The molecule has 0 unspecified atom stereocenters. The number of hydrogen-bond acceptors (Lipinski definition) is 5. The number of nitrogens with one attached hydrogen (secondary N) is 1. The van der Waals surface area contributed by atoms with Gasteiger partial charge in [-0.3, -0.25) is 4.79 Å². The van der Waals surface area contributed by atoms with Gasteiger partial charge in [-0.2, -0.15) is 0 Å². The predicted octanol–water partition coefficient (Wildman–Crippen LogP) is 3.05.